The summed E-state index contributed by atoms with van der Waals surface area (Å²) >= 11 is 11.5. The maximum Gasteiger partial charge on any atom is 0.267 e. The van der Waals surface area contributed by atoms with E-state index >= 15 is 0 Å². The Labute approximate surface area is 149 Å². The molecule has 0 spiro atoms. The Kier molecular flexibility index (Phi) is 4.76. The zero-order valence-corrected chi connectivity index (χ0v) is 14.9. The van der Waals surface area contributed by atoms with E-state index in [9.17, 15) is 13.2 Å². The van der Waals surface area contributed by atoms with Crippen molar-refractivity contribution in [3.63, 3.8) is 0 Å². The van der Waals surface area contributed by atoms with Crippen LogP contribution in [-0.2, 0) is 16.4 Å². The van der Waals surface area contributed by atoms with Gasteiger partial charge in [-0.05, 0) is 24.1 Å². The molecule has 1 aliphatic heterocycles. The number of H-pyrrole nitrogens is 1. The summed E-state index contributed by atoms with van der Waals surface area (Å²) in [6.45, 7) is 0.422. The Hall–Kier alpha value is -1.70. The minimum Gasteiger partial charge on any atom is -0.350 e. The number of benzene rings is 1. The van der Waals surface area contributed by atoms with Crippen molar-refractivity contribution < 1.29 is 13.2 Å². The number of rotatable bonds is 5. The van der Waals surface area contributed by atoms with Gasteiger partial charge in [-0.1, -0.05) is 41.4 Å². The average molecular weight is 388 g/mol. The minimum absolute atomic E-state index is 0.00586. The molecule has 3 rings (SSSR count). The molecule has 2 heterocycles. The van der Waals surface area contributed by atoms with Gasteiger partial charge in [0.15, 0.2) is 0 Å². The molecule has 0 bridgehead atoms. The fourth-order valence-corrected chi connectivity index (χ4v) is 4.36. The van der Waals surface area contributed by atoms with Gasteiger partial charge in [-0.3, -0.25) is 9.10 Å². The third-order valence-corrected chi connectivity index (χ3v) is 6.26. The molecule has 0 fully saturated rings. The molecule has 128 valence electrons. The summed E-state index contributed by atoms with van der Waals surface area (Å²) in [6, 6.07) is 8.81. The number of para-hydroxylation sites is 1. The highest BCUT2D eigenvalue weighted by atomic mass is 35.5. The lowest BCUT2D eigenvalue weighted by Gasteiger charge is -2.19. The van der Waals surface area contributed by atoms with Gasteiger partial charge in [0.1, 0.15) is 10.8 Å². The molecule has 0 saturated heterocycles. The molecule has 1 amide bonds. The number of nitrogens with one attached hydrogen (secondary N) is 2. The number of sulfonamides is 1. The van der Waals surface area contributed by atoms with Crippen LogP contribution >= 0.6 is 23.2 Å². The molecular formula is C15H15Cl2N3O3S. The zero-order chi connectivity index (χ0) is 17.3. The number of aromatic amines is 1. The molecule has 1 aromatic carbocycles. The molecule has 0 aliphatic carbocycles. The fourth-order valence-electron chi connectivity index (χ4n) is 2.62. The third kappa shape index (κ3) is 3.38. The number of carbonyl (C=O) groups is 1. The van der Waals surface area contributed by atoms with E-state index in [-0.39, 0.29) is 28.2 Å². The second-order valence-electron chi connectivity index (χ2n) is 5.37. The summed E-state index contributed by atoms with van der Waals surface area (Å²) in [7, 11) is -3.50. The quantitative estimate of drug-likeness (QED) is 0.826. The molecular weight excluding hydrogens is 373 g/mol. The molecule has 0 atom stereocenters. The van der Waals surface area contributed by atoms with Crippen molar-refractivity contribution in [3.8, 4) is 0 Å². The number of amides is 1. The van der Waals surface area contributed by atoms with Gasteiger partial charge in [-0.2, -0.15) is 0 Å². The molecule has 24 heavy (non-hydrogen) atoms. The van der Waals surface area contributed by atoms with Crippen LogP contribution < -0.4 is 9.62 Å². The molecule has 9 heteroatoms. The molecule has 2 aromatic rings. The fraction of sp³-hybridized carbons (Fsp3) is 0.267. The van der Waals surface area contributed by atoms with Crippen LogP contribution in [0.4, 0.5) is 5.69 Å². The van der Waals surface area contributed by atoms with Crippen molar-refractivity contribution in [2.24, 2.45) is 0 Å². The van der Waals surface area contributed by atoms with Gasteiger partial charge in [0.2, 0.25) is 10.0 Å². The van der Waals surface area contributed by atoms with Crippen molar-refractivity contribution in [1.82, 2.24) is 10.3 Å². The van der Waals surface area contributed by atoms with Gasteiger partial charge in [0, 0.05) is 13.1 Å². The standard InChI is InChI=1S/C15H15Cl2N3O3S/c16-11-9-12(19-14(11)17)15(21)18-6-8-24(22,23)20-7-5-10-3-1-2-4-13(10)20/h1-4,9,19H,5-8H2,(H,18,21). The Morgan fingerprint density at radius 1 is 1.29 bits per heavy atom. The lowest BCUT2D eigenvalue weighted by Crippen LogP contribution is -2.37. The van der Waals surface area contributed by atoms with Gasteiger partial charge < -0.3 is 10.3 Å². The van der Waals surface area contributed by atoms with E-state index in [0.29, 0.717) is 18.7 Å². The number of aromatic nitrogens is 1. The Morgan fingerprint density at radius 2 is 2.04 bits per heavy atom. The van der Waals surface area contributed by atoms with Crippen LogP contribution in [-0.4, -0.2) is 38.2 Å². The SMILES string of the molecule is O=C(NCCS(=O)(=O)N1CCc2ccccc21)c1cc(Cl)c(Cl)[nH]1. The van der Waals surface area contributed by atoms with E-state index < -0.39 is 15.9 Å². The highest BCUT2D eigenvalue weighted by molar-refractivity contribution is 7.92. The van der Waals surface area contributed by atoms with Gasteiger partial charge in [0.25, 0.3) is 5.91 Å². The summed E-state index contributed by atoms with van der Waals surface area (Å²) < 4.78 is 26.4. The van der Waals surface area contributed by atoms with Crippen LogP contribution in [0.2, 0.25) is 10.2 Å². The number of hydrogen-bond acceptors (Lipinski definition) is 3. The van der Waals surface area contributed by atoms with E-state index in [0.717, 1.165) is 5.56 Å². The van der Waals surface area contributed by atoms with Gasteiger partial charge in [-0.25, -0.2) is 8.42 Å². The van der Waals surface area contributed by atoms with Crippen LogP contribution in [0.15, 0.2) is 30.3 Å². The first-order valence-corrected chi connectivity index (χ1v) is 9.65. The number of halogens is 2. The largest absolute Gasteiger partial charge is 0.350 e. The number of anilines is 1. The first-order chi connectivity index (χ1) is 11.4. The van der Waals surface area contributed by atoms with Gasteiger partial charge in [0.05, 0.1) is 16.5 Å². The molecule has 6 nitrogen and oxygen atoms in total. The normalized spacial score (nSPS) is 13.8. The molecule has 0 saturated carbocycles. The molecule has 1 aromatic heterocycles. The van der Waals surface area contributed by atoms with E-state index in [2.05, 4.69) is 10.3 Å². The number of nitrogens with zero attached hydrogens (tertiary/aromatic N) is 1. The van der Waals surface area contributed by atoms with Crippen LogP contribution in [0.1, 0.15) is 16.1 Å². The summed E-state index contributed by atoms with van der Waals surface area (Å²) in [5.41, 5.74) is 1.92. The Bertz CT molecular complexity index is 860. The van der Waals surface area contributed by atoms with Crippen LogP contribution in [0.3, 0.4) is 0 Å². The number of fused-ring (bicyclic) bond motifs is 1. The van der Waals surface area contributed by atoms with Crippen molar-refractivity contribution >= 4 is 44.8 Å². The predicted octanol–water partition coefficient (Wildman–Crippen LogP) is 2.44. The highest BCUT2D eigenvalue weighted by Crippen LogP contribution is 2.29. The maximum absolute atomic E-state index is 12.5. The zero-order valence-electron chi connectivity index (χ0n) is 12.6. The van der Waals surface area contributed by atoms with E-state index in [4.69, 9.17) is 23.2 Å². The first kappa shape index (κ1) is 17.1. The third-order valence-electron chi connectivity index (χ3n) is 3.80. The first-order valence-electron chi connectivity index (χ1n) is 7.29. The minimum atomic E-state index is -3.50. The van der Waals surface area contributed by atoms with Crippen LogP contribution in [0.25, 0.3) is 0 Å². The van der Waals surface area contributed by atoms with Crippen molar-refractivity contribution in [1.29, 1.82) is 0 Å². The van der Waals surface area contributed by atoms with Crippen LogP contribution in [0, 0.1) is 0 Å². The molecule has 2 N–H and O–H groups in total. The van der Waals surface area contributed by atoms with E-state index in [1.807, 2.05) is 18.2 Å². The molecule has 0 unspecified atom stereocenters. The van der Waals surface area contributed by atoms with E-state index in [1.54, 1.807) is 6.07 Å². The van der Waals surface area contributed by atoms with E-state index in [1.165, 1.54) is 10.4 Å². The second-order valence-corrected chi connectivity index (χ2v) is 8.17. The molecule has 1 aliphatic rings. The summed E-state index contributed by atoms with van der Waals surface area (Å²) in [4.78, 5) is 14.6. The average Bonchev–Trinajstić information content (AvgIpc) is 3.11. The predicted molar refractivity (Wildman–Crippen MR) is 94.4 cm³/mol. The van der Waals surface area contributed by atoms with Crippen molar-refractivity contribution in [2.45, 2.75) is 6.42 Å². The smallest absolute Gasteiger partial charge is 0.267 e. The number of hydrogen-bond donors (Lipinski definition) is 2. The maximum atomic E-state index is 12.5. The lowest BCUT2D eigenvalue weighted by atomic mass is 10.2. The van der Waals surface area contributed by atoms with Gasteiger partial charge in [-0.15, -0.1) is 0 Å². The van der Waals surface area contributed by atoms with Crippen molar-refractivity contribution in [2.75, 3.05) is 23.1 Å². The Morgan fingerprint density at radius 3 is 2.75 bits per heavy atom. The van der Waals surface area contributed by atoms with Crippen molar-refractivity contribution in [3.05, 3.63) is 51.8 Å². The summed E-state index contributed by atoms with van der Waals surface area (Å²) in [5, 5.41) is 2.96. The summed E-state index contributed by atoms with van der Waals surface area (Å²) in [6.07, 6.45) is 0.696. The lowest BCUT2D eigenvalue weighted by molar-refractivity contribution is 0.0952. The second kappa shape index (κ2) is 6.66. The van der Waals surface area contributed by atoms with Gasteiger partial charge >= 0.3 is 0 Å². The monoisotopic (exact) mass is 387 g/mol. The number of carbonyl (C=O) groups excluding carboxylic acids is 1. The van der Waals surface area contributed by atoms with Crippen LogP contribution in [0.5, 0.6) is 0 Å². The highest BCUT2D eigenvalue weighted by Gasteiger charge is 2.28. The molecule has 0 radical (unpaired) electrons. The summed E-state index contributed by atoms with van der Waals surface area (Å²) in [5.74, 6) is -0.643. The topological polar surface area (TPSA) is 82.3 Å². The Balaban J connectivity index is 1.61.